The van der Waals surface area contributed by atoms with Crippen LogP contribution in [0.25, 0.3) is 0 Å². The summed E-state index contributed by atoms with van der Waals surface area (Å²) < 4.78 is 21.1. The molecule has 0 saturated carbocycles. The minimum absolute atomic E-state index is 0.145. The minimum Gasteiger partial charge on any atom is -0.480 e. The fraction of sp³-hybridized carbons (Fsp3) is 0.714. The number of urea groups is 1. The number of amides is 2. The number of carbonyl (C=O) groups excluding carboxylic acids is 1. The van der Waals surface area contributed by atoms with Crippen LogP contribution in [-0.2, 0) is 14.8 Å². The summed E-state index contributed by atoms with van der Waals surface area (Å²) in [6.07, 6.45) is 0. The molecule has 0 fully saturated rings. The standard InChI is InChI=1S/C7H15N3O5S/c1-2-10(5-6(11)12)7(13)9-3-4-16(8,14)15/h2-5H2,1H3,(H,9,13)(H,11,12)(H2,8,14,15). The SMILES string of the molecule is CCN(CC(=O)O)C(=O)NCCS(N)(=O)=O. The van der Waals surface area contributed by atoms with Crippen LogP contribution in [0.2, 0.25) is 0 Å². The Bertz CT molecular complexity index is 353. The maximum absolute atomic E-state index is 11.3. The number of nitrogens with zero attached hydrogens (tertiary/aromatic N) is 1. The molecule has 0 rings (SSSR count). The van der Waals surface area contributed by atoms with Gasteiger partial charge in [0.25, 0.3) is 0 Å². The zero-order chi connectivity index (χ0) is 12.8. The second-order valence-corrected chi connectivity index (χ2v) is 4.74. The highest BCUT2D eigenvalue weighted by Gasteiger charge is 2.14. The molecule has 0 aliphatic carbocycles. The van der Waals surface area contributed by atoms with Gasteiger partial charge in [-0.1, -0.05) is 0 Å². The molecule has 0 saturated heterocycles. The van der Waals surface area contributed by atoms with Crippen molar-refractivity contribution in [2.24, 2.45) is 5.14 Å². The molecule has 0 spiro atoms. The van der Waals surface area contributed by atoms with E-state index < -0.39 is 28.6 Å². The number of carbonyl (C=O) groups is 2. The number of nitrogens with two attached hydrogens (primary N) is 1. The molecule has 16 heavy (non-hydrogen) atoms. The first-order valence-electron chi connectivity index (χ1n) is 4.51. The number of sulfonamides is 1. The summed E-state index contributed by atoms with van der Waals surface area (Å²) in [4.78, 5) is 22.7. The van der Waals surface area contributed by atoms with Gasteiger partial charge in [0.15, 0.2) is 0 Å². The van der Waals surface area contributed by atoms with Crippen molar-refractivity contribution < 1.29 is 23.1 Å². The summed E-state index contributed by atoms with van der Waals surface area (Å²) in [5.74, 6) is -1.52. The van der Waals surface area contributed by atoms with E-state index in [0.29, 0.717) is 0 Å². The summed E-state index contributed by atoms with van der Waals surface area (Å²) in [6.45, 7) is 1.25. The van der Waals surface area contributed by atoms with Crippen LogP contribution in [0.5, 0.6) is 0 Å². The number of aliphatic carboxylic acids is 1. The van der Waals surface area contributed by atoms with Gasteiger partial charge in [-0.2, -0.15) is 0 Å². The van der Waals surface area contributed by atoms with Crippen LogP contribution in [0, 0.1) is 0 Å². The minimum atomic E-state index is -3.62. The van der Waals surface area contributed by atoms with Gasteiger partial charge in [0, 0.05) is 13.1 Å². The maximum atomic E-state index is 11.3. The lowest BCUT2D eigenvalue weighted by Crippen LogP contribution is -2.44. The van der Waals surface area contributed by atoms with Crippen molar-refractivity contribution in [3.8, 4) is 0 Å². The molecule has 4 N–H and O–H groups in total. The lowest BCUT2D eigenvalue weighted by Gasteiger charge is -2.18. The van der Waals surface area contributed by atoms with E-state index in [1.165, 1.54) is 0 Å². The Hall–Kier alpha value is -1.35. The van der Waals surface area contributed by atoms with Crippen LogP contribution < -0.4 is 10.5 Å². The molecule has 2 amide bonds. The van der Waals surface area contributed by atoms with E-state index in [1.807, 2.05) is 0 Å². The van der Waals surface area contributed by atoms with Crippen LogP contribution in [0.15, 0.2) is 0 Å². The third kappa shape index (κ3) is 7.01. The monoisotopic (exact) mass is 253 g/mol. The first-order valence-corrected chi connectivity index (χ1v) is 6.23. The Labute approximate surface area is 93.5 Å². The molecular weight excluding hydrogens is 238 g/mol. The predicted octanol–water partition coefficient (Wildman–Crippen LogP) is -1.61. The molecule has 0 bridgehead atoms. The zero-order valence-corrected chi connectivity index (χ0v) is 9.66. The first-order chi connectivity index (χ1) is 7.26. The third-order valence-corrected chi connectivity index (χ3v) is 2.43. The molecule has 0 heterocycles. The Morgan fingerprint density at radius 1 is 1.44 bits per heavy atom. The molecule has 94 valence electrons. The summed E-state index contributed by atoms with van der Waals surface area (Å²) in [7, 11) is -3.62. The van der Waals surface area contributed by atoms with Crippen molar-refractivity contribution in [3.05, 3.63) is 0 Å². The average molecular weight is 253 g/mol. The van der Waals surface area contributed by atoms with Gasteiger partial charge in [-0.15, -0.1) is 0 Å². The topological polar surface area (TPSA) is 130 Å². The van der Waals surface area contributed by atoms with E-state index in [0.717, 1.165) is 4.90 Å². The normalized spacial score (nSPS) is 10.9. The van der Waals surface area contributed by atoms with Gasteiger partial charge in [0.05, 0.1) is 5.75 Å². The van der Waals surface area contributed by atoms with Gasteiger partial charge in [-0.05, 0) is 6.92 Å². The van der Waals surface area contributed by atoms with Crippen LogP contribution in [0.1, 0.15) is 6.92 Å². The number of rotatable bonds is 6. The second-order valence-electron chi connectivity index (χ2n) is 3.01. The van der Waals surface area contributed by atoms with E-state index in [1.54, 1.807) is 6.92 Å². The highest BCUT2D eigenvalue weighted by atomic mass is 32.2. The summed E-state index contributed by atoms with van der Waals surface area (Å²) in [5, 5.41) is 15.5. The number of carboxylic acids is 1. The molecule has 0 aromatic rings. The number of likely N-dealkylation sites (N-methyl/N-ethyl adjacent to an activating group) is 1. The van der Waals surface area contributed by atoms with E-state index in [-0.39, 0.29) is 18.8 Å². The molecule has 9 heteroatoms. The highest BCUT2D eigenvalue weighted by Crippen LogP contribution is 1.89. The van der Waals surface area contributed by atoms with E-state index >= 15 is 0 Å². The van der Waals surface area contributed by atoms with Crippen molar-refractivity contribution in [3.63, 3.8) is 0 Å². The van der Waals surface area contributed by atoms with Crippen molar-refractivity contribution in [1.82, 2.24) is 10.2 Å². The lowest BCUT2D eigenvalue weighted by molar-refractivity contribution is -0.137. The molecule has 0 radical (unpaired) electrons. The number of hydrogen-bond donors (Lipinski definition) is 3. The molecule has 0 atom stereocenters. The van der Waals surface area contributed by atoms with Crippen LogP contribution in [0.3, 0.4) is 0 Å². The smallest absolute Gasteiger partial charge is 0.323 e. The van der Waals surface area contributed by atoms with Gasteiger partial charge in [0.2, 0.25) is 10.0 Å². The predicted molar refractivity (Wildman–Crippen MR) is 56.3 cm³/mol. The molecule has 0 aromatic heterocycles. The Morgan fingerprint density at radius 3 is 2.38 bits per heavy atom. The van der Waals surface area contributed by atoms with Crippen molar-refractivity contribution in [1.29, 1.82) is 0 Å². The Morgan fingerprint density at radius 2 is 2.00 bits per heavy atom. The fourth-order valence-corrected chi connectivity index (χ4v) is 1.29. The Balaban J connectivity index is 4.08. The fourth-order valence-electron chi connectivity index (χ4n) is 0.903. The summed E-state index contributed by atoms with van der Waals surface area (Å²) in [5.41, 5.74) is 0. The Kier molecular flexibility index (Phi) is 5.75. The molecule has 0 aliphatic heterocycles. The lowest BCUT2D eigenvalue weighted by atomic mass is 10.5. The van der Waals surface area contributed by atoms with Crippen LogP contribution in [0.4, 0.5) is 4.79 Å². The number of carboxylic acid groups (broad SMARTS) is 1. The molecular formula is C7H15N3O5S. The van der Waals surface area contributed by atoms with Crippen molar-refractivity contribution >= 4 is 22.0 Å². The zero-order valence-electron chi connectivity index (χ0n) is 8.84. The number of nitrogens with one attached hydrogen (secondary N) is 1. The van der Waals surface area contributed by atoms with Crippen molar-refractivity contribution in [2.45, 2.75) is 6.92 Å². The van der Waals surface area contributed by atoms with Gasteiger partial charge < -0.3 is 15.3 Å². The van der Waals surface area contributed by atoms with Crippen molar-refractivity contribution in [2.75, 3.05) is 25.4 Å². The van der Waals surface area contributed by atoms with Gasteiger partial charge >= 0.3 is 12.0 Å². The highest BCUT2D eigenvalue weighted by molar-refractivity contribution is 7.89. The van der Waals surface area contributed by atoms with E-state index in [4.69, 9.17) is 10.2 Å². The van der Waals surface area contributed by atoms with Crippen LogP contribution in [-0.4, -0.2) is 55.8 Å². The third-order valence-electron chi connectivity index (χ3n) is 1.66. The van der Waals surface area contributed by atoms with E-state index in [9.17, 15) is 18.0 Å². The molecule has 0 unspecified atom stereocenters. The number of primary sulfonamides is 1. The van der Waals surface area contributed by atoms with Gasteiger partial charge in [-0.25, -0.2) is 18.4 Å². The average Bonchev–Trinajstić information content (AvgIpc) is 2.11. The summed E-state index contributed by atoms with van der Waals surface area (Å²) >= 11 is 0. The van der Waals surface area contributed by atoms with E-state index in [2.05, 4.69) is 5.32 Å². The van der Waals surface area contributed by atoms with Crippen LogP contribution >= 0.6 is 0 Å². The summed E-state index contributed by atoms with van der Waals surface area (Å²) in [6, 6.07) is -0.631. The molecule has 8 nitrogen and oxygen atoms in total. The molecule has 0 aromatic carbocycles. The largest absolute Gasteiger partial charge is 0.480 e. The maximum Gasteiger partial charge on any atom is 0.323 e. The van der Waals surface area contributed by atoms with Gasteiger partial charge in [0.1, 0.15) is 6.54 Å². The first kappa shape index (κ1) is 14.6. The quantitative estimate of drug-likeness (QED) is 0.524. The van der Waals surface area contributed by atoms with Gasteiger partial charge in [-0.3, -0.25) is 4.79 Å². The second kappa shape index (κ2) is 6.28. The molecule has 0 aliphatic rings. The number of hydrogen-bond acceptors (Lipinski definition) is 4.